The number of ether oxygens (including phenoxy) is 1. The largest absolute Gasteiger partial charge is 0.497 e. The van der Waals surface area contributed by atoms with Crippen LogP contribution in [0.25, 0.3) is 11.6 Å². The molecule has 0 saturated heterocycles. The third-order valence-electron chi connectivity index (χ3n) is 3.30. The summed E-state index contributed by atoms with van der Waals surface area (Å²) < 4.78 is 34.8. The van der Waals surface area contributed by atoms with E-state index in [0.29, 0.717) is 11.4 Å². The standard InChI is InChI=1S/C16H14N4O5S/c1-24-11-5-7-12(8-6-11)26(22,23)10-14(21)18-16-20-19-15(25-16)13-4-2-3-9-17-13/h2-9H,10H2,1H3,(H,18,20,21). The molecule has 0 atom stereocenters. The van der Waals surface area contributed by atoms with E-state index in [4.69, 9.17) is 9.15 Å². The second-order valence-electron chi connectivity index (χ2n) is 5.11. The summed E-state index contributed by atoms with van der Waals surface area (Å²) in [6.07, 6.45) is 1.55. The summed E-state index contributed by atoms with van der Waals surface area (Å²) in [5.74, 6) is -0.932. The van der Waals surface area contributed by atoms with E-state index in [1.165, 1.54) is 31.4 Å². The van der Waals surface area contributed by atoms with Gasteiger partial charge < -0.3 is 9.15 Å². The molecule has 134 valence electrons. The highest BCUT2D eigenvalue weighted by molar-refractivity contribution is 7.92. The number of nitrogens with one attached hydrogen (secondary N) is 1. The summed E-state index contributed by atoms with van der Waals surface area (Å²) >= 11 is 0. The van der Waals surface area contributed by atoms with Crippen molar-refractivity contribution < 1.29 is 22.4 Å². The van der Waals surface area contributed by atoms with Gasteiger partial charge in [-0.15, -0.1) is 5.10 Å². The predicted octanol–water partition coefficient (Wildman–Crippen LogP) is 1.55. The average molecular weight is 374 g/mol. The molecule has 0 aliphatic heterocycles. The van der Waals surface area contributed by atoms with Gasteiger partial charge in [0.2, 0.25) is 5.91 Å². The monoisotopic (exact) mass is 374 g/mol. The minimum absolute atomic E-state index is 0.00755. The van der Waals surface area contributed by atoms with Crippen molar-refractivity contribution in [3.05, 3.63) is 48.7 Å². The number of sulfone groups is 1. The van der Waals surface area contributed by atoms with Gasteiger partial charge in [0.15, 0.2) is 9.84 Å². The van der Waals surface area contributed by atoms with Crippen LogP contribution in [0.3, 0.4) is 0 Å². The predicted molar refractivity (Wildman–Crippen MR) is 91.2 cm³/mol. The van der Waals surface area contributed by atoms with E-state index in [2.05, 4.69) is 20.5 Å². The van der Waals surface area contributed by atoms with Crippen molar-refractivity contribution in [3.63, 3.8) is 0 Å². The second-order valence-corrected chi connectivity index (χ2v) is 7.10. The third kappa shape index (κ3) is 4.03. The first-order valence-corrected chi connectivity index (χ1v) is 9.05. The summed E-state index contributed by atoms with van der Waals surface area (Å²) in [6, 6.07) is 10.7. The number of hydrogen-bond donors (Lipinski definition) is 1. The number of hydrogen-bond acceptors (Lipinski definition) is 8. The van der Waals surface area contributed by atoms with Gasteiger partial charge in [0, 0.05) is 6.20 Å². The molecule has 26 heavy (non-hydrogen) atoms. The zero-order valence-electron chi connectivity index (χ0n) is 13.6. The summed E-state index contributed by atoms with van der Waals surface area (Å²) in [5, 5.41) is 9.68. The van der Waals surface area contributed by atoms with Crippen molar-refractivity contribution in [2.24, 2.45) is 0 Å². The topological polar surface area (TPSA) is 124 Å². The van der Waals surface area contributed by atoms with E-state index in [9.17, 15) is 13.2 Å². The van der Waals surface area contributed by atoms with Crippen LogP contribution in [0, 0.1) is 0 Å². The minimum Gasteiger partial charge on any atom is -0.497 e. The summed E-state index contributed by atoms with van der Waals surface area (Å²) in [4.78, 5) is 16.1. The van der Waals surface area contributed by atoms with Crippen LogP contribution in [0.4, 0.5) is 6.01 Å². The van der Waals surface area contributed by atoms with Crippen molar-refractivity contribution in [2.75, 3.05) is 18.2 Å². The maximum atomic E-state index is 12.3. The normalized spacial score (nSPS) is 11.1. The van der Waals surface area contributed by atoms with Crippen LogP contribution < -0.4 is 10.1 Å². The van der Waals surface area contributed by atoms with Crippen molar-refractivity contribution in [1.29, 1.82) is 0 Å². The molecular weight excluding hydrogens is 360 g/mol. The minimum atomic E-state index is -3.82. The first kappa shape index (κ1) is 17.5. The number of amides is 1. The maximum Gasteiger partial charge on any atom is 0.322 e. The van der Waals surface area contributed by atoms with Gasteiger partial charge in [0.25, 0.3) is 5.89 Å². The van der Waals surface area contributed by atoms with Crippen LogP contribution in [0.2, 0.25) is 0 Å². The molecule has 2 aromatic heterocycles. The van der Waals surface area contributed by atoms with Crippen LogP contribution >= 0.6 is 0 Å². The van der Waals surface area contributed by atoms with Crippen LogP contribution in [-0.4, -0.2) is 42.4 Å². The molecule has 0 aliphatic rings. The van der Waals surface area contributed by atoms with Gasteiger partial charge in [-0.3, -0.25) is 15.1 Å². The number of nitrogens with zero attached hydrogens (tertiary/aromatic N) is 3. The van der Waals surface area contributed by atoms with Gasteiger partial charge in [-0.05, 0) is 36.4 Å². The molecule has 1 N–H and O–H groups in total. The molecule has 0 radical (unpaired) electrons. The average Bonchev–Trinajstić information content (AvgIpc) is 3.10. The van der Waals surface area contributed by atoms with E-state index in [1.807, 2.05) is 0 Å². The summed E-state index contributed by atoms with van der Waals surface area (Å²) in [6.45, 7) is 0. The number of aromatic nitrogens is 3. The quantitative estimate of drug-likeness (QED) is 0.689. The Morgan fingerprint density at radius 1 is 1.15 bits per heavy atom. The van der Waals surface area contributed by atoms with Crippen molar-refractivity contribution in [2.45, 2.75) is 4.90 Å². The lowest BCUT2D eigenvalue weighted by Crippen LogP contribution is -2.23. The Hall–Kier alpha value is -3.27. The molecule has 0 spiro atoms. The molecule has 0 saturated carbocycles. The van der Waals surface area contributed by atoms with E-state index < -0.39 is 21.5 Å². The Morgan fingerprint density at radius 3 is 2.58 bits per heavy atom. The molecule has 3 aromatic rings. The highest BCUT2D eigenvalue weighted by atomic mass is 32.2. The zero-order chi connectivity index (χ0) is 18.6. The number of methoxy groups -OCH3 is 1. The first-order chi connectivity index (χ1) is 12.5. The molecule has 1 amide bonds. The zero-order valence-corrected chi connectivity index (χ0v) is 14.4. The molecule has 1 aromatic carbocycles. The summed E-state index contributed by atoms with van der Waals surface area (Å²) in [7, 11) is -2.35. The van der Waals surface area contributed by atoms with Crippen molar-refractivity contribution in [3.8, 4) is 17.3 Å². The third-order valence-corrected chi connectivity index (χ3v) is 4.93. The smallest absolute Gasteiger partial charge is 0.322 e. The fourth-order valence-corrected chi connectivity index (χ4v) is 3.20. The fourth-order valence-electron chi connectivity index (χ4n) is 2.06. The SMILES string of the molecule is COc1ccc(S(=O)(=O)CC(=O)Nc2nnc(-c3ccccn3)o2)cc1. The Labute approximate surface area is 149 Å². The molecule has 9 nitrogen and oxygen atoms in total. The Kier molecular flexibility index (Phi) is 4.94. The number of carbonyl (C=O) groups is 1. The molecular formula is C16H14N4O5S. The van der Waals surface area contributed by atoms with Crippen LogP contribution in [-0.2, 0) is 14.6 Å². The van der Waals surface area contributed by atoms with Gasteiger partial charge in [-0.1, -0.05) is 11.2 Å². The number of anilines is 1. The van der Waals surface area contributed by atoms with Crippen LogP contribution in [0.15, 0.2) is 58.0 Å². The van der Waals surface area contributed by atoms with E-state index in [-0.39, 0.29) is 16.8 Å². The number of pyridine rings is 1. The molecule has 0 fully saturated rings. The fraction of sp³-hybridized carbons (Fsp3) is 0.125. The lowest BCUT2D eigenvalue weighted by Gasteiger charge is -2.05. The summed E-state index contributed by atoms with van der Waals surface area (Å²) in [5.41, 5.74) is 0.436. The number of rotatable bonds is 6. The van der Waals surface area contributed by atoms with E-state index in [1.54, 1.807) is 24.4 Å². The number of benzene rings is 1. The second kappa shape index (κ2) is 7.31. The van der Waals surface area contributed by atoms with Gasteiger partial charge in [0.05, 0.1) is 12.0 Å². The number of carbonyl (C=O) groups excluding carboxylic acids is 1. The van der Waals surface area contributed by atoms with Crippen LogP contribution in [0.5, 0.6) is 5.75 Å². The Balaban J connectivity index is 1.67. The lowest BCUT2D eigenvalue weighted by atomic mass is 10.3. The van der Waals surface area contributed by atoms with Gasteiger partial charge in [-0.2, -0.15) is 0 Å². The Bertz CT molecular complexity index is 1000. The molecule has 0 unspecified atom stereocenters. The van der Waals surface area contributed by atoms with Crippen molar-refractivity contribution in [1.82, 2.24) is 15.2 Å². The molecule has 0 bridgehead atoms. The molecule has 10 heteroatoms. The van der Waals surface area contributed by atoms with Crippen LogP contribution in [0.1, 0.15) is 0 Å². The molecule has 0 aliphatic carbocycles. The Morgan fingerprint density at radius 2 is 1.92 bits per heavy atom. The van der Waals surface area contributed by atoms with E-state index >= 15 is 0 Å². The van der Waals surface area contributed by atoms with Crippen molar-refractivity contribution >= 4 is 21.8 Å². The highest BCUT2D eigenvalue weighted by Crippen LogP contribution is 2.18. The van der Waals surface area contributed by atoms with Gasteiger partial charge in [0.1, 0.15) is 17.2 Å². The van der Waals surface area contributed by atoms with Gasteiger partial charge in [-0.25, -0.2) is 8.42 Å². The molecule has 2 heterocycles. The maximum absolute atomic E-state index is 12.3. The lowest BCUT2D eigenvalue weighted by molar-refractivity contribution is -0.114. The first-order valence-electron chi connectivity index (χ1n) is 7.39. The van der Waals surface area contributed by atoms with Gasteiger partial charge >= 0.3 is 6.01 Å². The highest BCUT2D eigenvalue weighted by Gasteiger charge is 2.21. The molecule has 3 rings (SSSR count). The van der Waals surface area contributed by atoms with E-state index in [0.717, 1.165) is 0 Å².